The van der Waals surface area contributed by atoms with Crippen LogP contribution in [0.5, 0.6) is 0 Å². The lowest BCUT2D eigenvalue weighted by Gasteiger charge is -2.04. The van der Waals surface area contributed by atoms with E-state index in [1.165, 1.54) is 0 Å². The third-order valence-corrected chi connectivity index (χ3v) is 2.12. The van der Waals surface area contributed by atoms with Crippen molar-refractivity contribution in [3.05, 3.63) is 23.8 Å². The Hall–Kier alpha value is -1.51. The monoisotopic (exact) mass is 176 g/mol. The molecule has 0 saturated heterocycles. The molecule has 1 heterocycles. The number of amides is 1. The molecule has 0 radical (unpaired) electrons. The molecule has 0 spiro atoms. The SMILES string of the molecule is CCNc1ccc2c(c1)NC(=O)C2. The second-order valence-corrected chi connectivity index (χ2v) is 3.13. The predicted molar refractivity (Wildman–Crippen MR) is 52.9 cm³/mol. The number of anilines is 2. The number of hydrogen-bond donors (Lipinski definition) is 2. The van der Waals surface area contributed by atoms with Gasteiger partial charge < -0.3 is 10.6 Å². The van der Waals surface area contributed by atoms with E-state index in [-0.39, 0.29) is 5.91 Å². The predicted octanol–water partition coefficient (Wildman–Crippen LogP) is 1.61. The fraction of sp³-hybridized carbons (Fsp3) is 0.300. The Morgan fingerprint density at radius 2 is 2.38 bits per heavy atom. The van der Waals surface area contributed by atoms with Crippen LogP contribution in [0.4, 0.5) is 11.4 Å². The van der Waals surface area contributed by atoms with Crippen molar-refractivity contribution in [1.82, 2.24) is 0 Å². The van der Waals surface area contributed by atoms with Gasteiger partial charge in [-0.05, 0) is 24.6 Å². The molecule has 3 heteroatoms. The molecule has 0 fully saturated rings. The van der Waals surface area contributed by atoms with Crippen molar-refractivity contribution in [2.24, 2.45) is 0 Å². The standard InChI is InChI=1S/C10H12N2O/c1-2-11-8-4-3-7-5-10(13)12-9(7)6-8/h3-4,6,11H,2,5H2,1H3,(H,12,13). The average molecular weight is 176 g/mol. The summed E-state index contributed by atoms with van der Waals surface area (Å²) in [4.78, 5) is 11.0. The molecule has 1 aliphatic heterocycles. The summed E-state index contributed by atoms with van der Waals surface area (Å²) in [6.45, 7) is 2.94. The van der Waals surface area contributed by atoms with Gasteiger partial charge in [-0.25, -0.2) is 0 Å². The van der Waals surface area contributed by atoms with Gasteiger partial charge in [-0.3, -0.25) is 4.79 Å². The largest absolute Gasteiger partial charge is 0.385 e. The highest BCUT2D eigenvalue weighted by atomic mass is 16.1. The van der Waals surface area contributed by atoms with Crippen LogP contribution in [0.3, 0.4) is 0 Å². The zero-order chi connectivity index (χ0) is 9.26. The Balaban J connectivity index is 2.29. The summed E-state index contributed by atoms with van der Waals surface area (Å²) in [6.07, 6.45) is 0.516. The highest BCUT2D eigenvalue weighted by Crippen LogP contribution is 2.25. The molecular formula is C10H12N2O. The number of rotatable bonds is 2. The smallest absolute Gasteiger partial charge is 0.228 e. The van der Waals surface area contributed by atoms with Crippen LogP contribution in [-0.4, -0.2) is 12.5 Å². The lowest BCUT2D eigenvalue weighted by Crippen LogP contribution is -2.03. The summed E-state index contributed by atoms with van der Waals surface area (Å²) >= 11 is 0. The Morgan fingerprint density at radius 1 is 1.54 bits per heavy atom. The molecule has 0 bridgehead atoms. The molecule has 0 unspecified atom stereocenters. The molecular weight excluding hydrogens is 164 g/mol. The summed E-state index contributed by atoms with van der Waals surface area (Å²) in [5, 5.41) is 6.02. The van der Waals surface area contributed by atoms with Gasteiger partial charge in [0.15, 0.2) is 0 Å². The van der Waals surface area contributed by atoms with E-state index in [1.54, 1.807) is 0 Å². The van der Waals surface area contributed by atoms with Crippen molar-refractivity contribution < 1.29 is 4.79 Å². The minimum absolute atomic E-state index is 0.0867. The number of fused-ring (bicyclic) bond motifs is 1. The van der Waals surface area contributed by atoms with Crippen LogP contribution in [0.15, 0.2) is 18.2 Å². The van der Waals surface area contributed by atoms with Gasteiger partial charge in [0.1, 0.15) is 0 Å². The van der Waals surface area contributed by atoms with Gasteiger partial charge in [0.25, 0.3) is 0 Å². The van der Waals surface area contributed by atoms with Gasteiger partial charge >= 0.3 is 0 Å². The first-order valence-electron chi connectivity index (χ1n) is 4.46. The van der Waals surface area contributed by atoms with Crippen molar-refractivity contribution in [3.8, 4) is 0 Å². The van der Waals surface area contributed by atoms with E-state index >= 15 is 0 Å². The summed E-state index contributed by atoms with van der Waals surface area (Å²) < 4.78 is 0. The first kappa shape index (κ1) is 8.10. The lowest BCUT2D eigenvalue weighted by molar-refractivity contribution is -0.115. The minimum atomic E-state index is 0.0867. The van der Waals surface area contributed by atoms with E-state index in [9.17, 15) is 4.79 Å². The highest BCUT2D eigenvalue weighted by molar-refractivity contribution is 5.99. The third-order valence-electron chi connectivity index (χ3n) is 2.12. The fourth-order valence-electron chi connectivity index (χ4n) is 1.53. The first-order valence-corrected chi connectivity index (χ1v) is 4.46. The van der Waals surface area contributed by atoms with Crippen LogP contribution in [0, 0.1) is 0 Å². The number of benzene rings is 1. The zero-order valence-corrected chi connectivity index (χ0v) is 7.55. The first-order chi connectivity index (χ1) is 6.29. The van der Waals surface area contributed by atoms with Gasteiger partial charge in [0.05, 0.1) is 6.42 Å². The number of carbonyl (C=O) groups excluding carboxylic acids is 1. The van der Waals surface area contributed by atoms with Gasteiger partial charge in [-0.1, -0.05) is 6.07 Å². The molecule has 13 heavy (non-hydrogen) atoms. The number of nitrogens with one attached hydrogen (secondary N) is 2. The molecule has 0 aromatic heterocycles. The molecule has 0 atom stereocenters. The molecule has 68 valence electrons. The fourth-order valence-corrected chi connectivity index (χ4v) is 1.53. The Morgan fingerprint density at radius 3 is 3.15 bits per heavy atom. The van der Waals surface area contributed by atoms with Crippen molar-refractivity contribution in [2.75, 3.05) is 17.2 Å². The number of carbonyl (C=O) groups is 1. The van der Waals surface area contributed by atoms with Gasteiger partial charge in [-0.15, -0.1) is 0 Å². The van der Waals surface area contributed by atoms with E-state index in [2.05, 4.69) is 10.6 Å². The minimum Gasteiger partial charge on any atom is -0.385 e. The van der Waals surface area contributed by atoms with Crippen molar-refractivity contribution in [1.29, 1.82) is 0 Å². The van der Waals surface area contributed by atoms with Gasteiger partial charge in [-0.2, -0.15) is 0 Å². The van der Waals surface area contributed by atoms with Gasteiger partial charge in [0, 0.05) is 17.9 Å². The summed E-state index contributed by atoms with van der Waals surface area (Å²) in [5.74, 6) is 0.0867. The molecule has 2 rings (SSSR count). The third kappa shape index (κ3) is 1.49. The Kier molecular flexibility index (Phi) is 1.93. The summed E-state index contributed by atoms with van der Waals surface area (Å²) in [7, 11) is 0. The maximum atomic E-state index is 11.0. The summed E-state index contributed by atoms with van der Waals surface area (Å²) in [6, 6.07) is 5.97. The molecule has 0 saturated carbocycles. The van der Waals surface area contributed by atoms with Crippen molar-refractivity contribution in [3.63, 3.8) is 0 Å². The Labute approximate surface area is 77.1 Å². The normalized spacial score (nSPS) is 13.8. The second-order valence-electron chi connectivity index (χ2n) is 3.13. The molecule has 3 nitrogen and oxygen atoms in total. The highest BCUT2D eigenvalue weighted by Gasteiger charge is 2.16. The molecule has 1 aliphatic rings. The maximum Gasteiger partial charge on any atom is 0.228 e. The average Bonchev–Trinajstić information content (AvgIpc) is 2.44. The maximum absolute atomic E-state index is 11.0. The quantitative estimate of drug-likeness (QED) is 0.718. The topological polar surface area (TPSA) is 41.1 Å². The van der Waals surface area contributed by atoms with E-state index in [4.69, 9.17) is 0 Å². The van der Waals surface area contributed by atoms with Crippen LogP contribution in [0.25, 0.3) is 0 Å². The molecule has 2 N–H and O–H groups in total. The molecule has 1 amide bonds. The van der Waals surface area contributed by atoms with Gasteiger partial charge in [0.2, 0.25) is 5.91 Å². The van der Waals surface area contributed by atoms with E-state index < -0.39 is 0 Å². The molecule has 1 aromatic carbocycles. The van der Waals surface area contributed by atoms with Crippen LogP contribution >= 0.6 is 0 Å². The van der Waals surface area contributed by atoms with E-state index in [0.29, 0.717) is 6.42 Å². The Bertz CT molecular complexity index is 347. The zero-order valence-electron chi connectivity index (χ0n) is 7.55. The lowest BCUT2D eigenvalue weighted by atomic mass is 10.1. The van der Waals surface area contributed by atoms with Crippen LogP contribution in [-0.2, 0) is 11.2 Å². The van der Waals surface area contributed by atoms with Crippen molar-refractivity contribution in [2.45, 2.75) is 13.3 Å². The number of hydrogen-bond acceptors (Lipinski definition) is 2. The molecule has 0 aliphatic carbocycles. The van der Waals surface area contributed by atoms with Crippen molar-refractivity contribution >= 4 is 17.3 Å². The van der Waals surface area contributed by atoms with E-state index in [1.807, 2.05) is 25.1 Å². The molecule has 1 aromatic rings. The van der Waals surface area contributed by atoms with Crippen LogP contribution < -0.4 is 10.6 Å². The second kappa shape index (κ2) is 3.09. The van der Waals surface area contributed by atoms with Crippen LogP contribution in [0.1, 0.15) is 12.5 Å². The van der Waals surface area contributed by atoms with E-state index in [0.717, 1.165) is 23.5 Å². The summed E-state index contributed by atoms with van der Waals surface area (Å²) in [5.41, 5.74) is 3.10. The van der Waals surface area contributed by atoms with Crippen LogP contribution in [0.2, 0.25) is 0 Å².